The number of nitrogens with zero attached hydrogens (tertiary/aromatic N) is 3. The molecule has 0 bridgehead atoms. The van der Waals surface area contributed by atoms with E-state index < -0.39 is 0 Å². The number of carbonyl (C=O) groups excluding carboxylic acids is 1. The highest BCUT2D eigenvalue weighted by Gasteiger charge is 2.16. The van der Waals surface area contributed by atoms with E-state index in [4.69, 9.17) is 11.6 Å². The Bertz CT molecular complexity index is 522. The molecule has 0 atom stereocenters. The molecule has 17 heavy (non-hydrogen) atoms. The van der Waals surface area contributed by atoms with Crippen LogP contribution in [-0.4, -0.2) is 21.1 Å². The monoisotopic (exact) mass is 249 g/mol. The van der Waals surface area contributed by atoms with Crippen molar-refractivity contribution in [2.45, 2.75) is 19.8 Å². The molecule has 88 valence electrons. The smallest absolute Gasteiger partial charge is 0.155 e. The Labute approximate surface area is 104 Å². The molecule has 0 N–H and O–H groups in total. The van der Waals surface area contributed by atoms with Crippen LogP contribution in [0.15, 0.2) is 24.4 Å². The summed E-state index contributed by atoms with van der Waals surface area (Å²) in [5.74, 6) is 0.614. The summed E-state index contributed by atoms with van der Waals surface area (Å²) in [7, 11) is 0. The van der Waals surface area contributed by atoms with E-state index >= 15 is 0 Å². The third-order valence-electron chi connectivity index (χ3n) is 2.41. The average molecular weight is 250 g/mol. The van der Waals surface area contributed by atoms with E-state index in [0.29, 0.717) is 16.5 Å². The van der Waals surface area contributed by atoms with Crippen molar-refractivity contribution in [2.24, 2.45) is 0 Å². The number of hydrogen-bond donors (Lipinski definition) is 0. The number of aldehydes is 1. The minimum absolute atomic E-state index is 0.321. The molecule has 0 saturated heterocycles. The zero-order chi connectivity index (χ0) is 12.3. The SMILES string of the molecule is CCCc1nn(-c2ccccn2)c(Cl)c1C=O. The van der Waals surface area contributed by atoms with Gasteiger partial charge >= 0.3 is 0 Å². The van der Waals surface area contributed by atoms with Gasteiger partial charge in [0.25, 0.3) is 0 Å². The average Bonchev–Trinajstić information content (AvgIpc) is 2.67. The van der Waals surface area contributed by atoms with Crippen molar-refractivity contribution in [1.29, 1.82) is 0 Å². The topological polar surface area (TPSA) is 47.8 Å². The van der Waals surface area contributed by atoms with Crippen molar-refractivity contribution in [3.8, 4) is 5.82 Å². The van der Waals surface area contributed by atoms with Gasteiger partial charge in [0.1, 0.15) is 5.15 Å². The highest BCUT2D eigenvalue weighted by Crippen LogP contribution is 2.22. The Morgan fingerprint density at radius 1 is 1.47 bits per heavy atom. The summed E-state index contributed by atoms with van der Waals surface area (Å²) in [5, 5.41) is 4.65. The maximum atomic E-state index is 11.0. The van der Waals surface area contributed by atoms with Gasteiger partial charge in [-0.25, -0.2) is 9.67 Å². The van der Waals surface area contributed by atoms with Crippen LogP contribution < -0.4 is 0 Å². The van der Waals surface area contributed by atoms with Crippen molar-refractivity contribution in [3.63, 3.8) is 0 Å². The van der Waals surface area contributed by atoms with Crippen LogP contribution in [0.25, 0.3) is 5.82 Å². The zero-order valence-electron chi connectivity index (χ0n) is 9.43. The largest absolute Gasteiger partial charge is 0.298 e. The Morgan fingerprint density at radius 3 is 2.88 bits per heavy atom. The molecule has 0 saturated carbocycles. The standard InChI is InChI=1S/C12H12ClN3O/c1-2-5-10-9(8-17)12(13)16(15-10)11-6-3-4-7-14-11/h3-4,6-8H,2,5H2,1H3. The molecule has 0 aliphatic rings. The molecule has 4 nitrogen and oxygen atoms in total. The summed E-state index contributed by atoms with van der Waals surface area (Å²) in [6.45, 7) is 2.03. The molecule has 5 heteroatoms. The molecule has 2 rings (SSSR count). The molecule has 0 aliphatic heterocycles. The Kier molecular flexibility index (Phi) is 3.54. The Balaban J connectivity index is 2.52. The van der Waals surface area contributed by atoms with Gasteiger partial charge < -0.3 is 0 Å². The number of aromatic nitrogens is 3. The lowest BCUT2D eigenvalue weighted by Crippen LogP contribution is -1.99. The van der Waals surface area contributed by atoms with Gasteiger partial charge in [0.15, 0.2) is 12.1 Å². The summed E-state index contributed by atoms with van der Waals surface area (Å²) < 4.78 is 1.50. The van der Waals surface area contributed by atoms with Gasteiger partial charge in [-0.15, -0.1) is 0 Å². The number of halogens is 1. The van der Waals surface area contributed by atoms with Crippen molar-refractivity contribution in [2.75, 3.05) is 0 Å². The normalized spacial score (nSPS) is 10.5. The van der Waals surface area contributed by atoms with Crippen LogP contribution in [0, 0.1) is 0 Å². The molecular formula is C12H12ClN3O. The molecule has 2 aromatic heterocycles. The summed E-state index contributed by atoms with van der Waals surface area (Å²) in [5.41, 5.74) is 1.18. The van der Waals surface area contributed by atoms with Gasteiger partial charge in [-0.05, 0) is 18.6 Å². The predicted molar refractivity (Wildman–Crippen MR) is 65.8 cm³/mol. The maximum absolute atomic E-state index is 11.0. The first-order valence-electron chi connectivity index (χ1n) is 5.42. The summed E-state index contributed by atoms with van der Waals surface area (Å²) in [6, 6.07) is 5.46. The third kappa shape index (κ3) is 2.22. The van der Waals surface area contributed by atoms with Crippen LogP contribution in [0.2, 0.25) is 5.15 Å². The van der Waals surface area contributed by atoms with E-state index in [1.165, 1.54) is 4.68 Å². The quantitative estimate of drug-likeness (QED) is 0.783. The van der Waals surface area contributed by atoms with Gasteiger partial charge in [-0.3, -0.25) is 4.79 Å². The van der Waals surface area contributed by atoms with E-state index in [-0.39, 0.29) is 0 Å². The predicted octanol–water partition coefficient (Wildman–Crippen LogP) is 2.69. The fraction of sp³-hybridized carbons (Fsp3) is 0.250. The lowest BCUT2D eigenvalue weighted by molar-refractivity contribution is 0.112. The van der Waals surface area contributed by atoms with Gasteiger partial charge in [0.05, 0.1) is 11.3 Å². The summed E-state index contributed by atoms with van der Waals surface area (Å²) in [6.07, 6.45) is 4.05. The molecular weight excluding hydrogens is 238 g/mol. The summed E-state index contributed by atoms with van der Waals surface area (Å²) >= 11 is 6.13. The second-order valence-corrected chi connectivity index (χ2v) is 3.98. The minimum atomic E-state index is 0.321. The third-order valence-corrected chi connectivity index (χ3v) is 2.77. The van der Waals surface area contributed by atoms with Crippen molar-refractivity contribution < 1.29 is 4.79 Å². The summed E-state index contributed by atoms with van der Waals surface area (Å²) in [4.78, 5) is 15.2. The van der Waals surface area contributed by atoms with Crippen molar-refractivity contribution >= 4 is 17.9 Å². The number of pyridine rings is 1. The number of carbonyl (C=O) groups is 1. The molecule has 2 heterocycles. The number of rotatable bonds is 4. The van der Waals surface area contributed by atoms with Crippen LogP contribution >= 0.6 is 11.6 Å². The molecule has 0 spiro atoms. The highest BCUT2D eigenvalue weighted by atomic mass is 35.5. The van der Waals surface area contributed by atoms with E-state index in [0.717, 1.165) is 24.8 Å². The molecule has 0 radical (unpaired) electrons. The number of aryl methyl sites for hydroxylation is 1. The highest BCUT2D eigenvalue weighted by molar-refractivity contribution is 6.32. The Morgan fingerprint density at radius 2 is 2.29 bits per heavy atom. The van der Waals surface area contributed by atoms with Crippen LogP contribution in [0.4, 0.5) is 0 Å². The van der Waals surface area contributed by atoms with E-state index in [1.54, 1.807) is 12.3 Å². The number of hydrogen-bond acceptors (Lipinski definition) is 3. The van der Waals surface area contributed by atoms with Crippen molar-refractivity contribution in [1.82, 2.24) is 14.8 Å². The van der Waals surface area contributed by atoms with E-state index in [2.05, 4.69) is 10.1 Å². The maximum Gasteiger partial charge on any atom is 0.155 e. The van der Waals surface area contributed by atoms with Crippen LogP contribution in [0.5, 0.6) is 0 Å². The minimum Gasteiger partial charge on any atom is -0.298 e. The first kappa shape index (κ1) is 11.8. The zero-order valence-corrected chi connectivity index (χ0v) is 10.2. The van der Waals surface area contributed by atoms with Gasteiger partial charge in [0, 0.05) is 6.20 Å². The molecule has 0 fully saturated rings. The first-order chi connectivity index (χ1) is 8.27. The lowest BCUT2D eigenvalue weighted by atomic mass is 10.2. The second kappa shape index (κ2) is 5.10. The second-order valence-electron chi connectivity index (χ2n) is 3.62. The first-order valence-corrected chi connectivity index (χ1v) is 5.79. The molecule has 0 aliphatic carbocycles. The van der Waals surface area contributed by atoms with E-state index in [9.17, 15) is 4.79 Å². The molecule has 0 unspecified atom stereocenters. The van der Waals surface area contributed by atoms with Gasteiger partial charge in [0.2, 0.25) is 0 Å². The molecule has 2 aromatic rings. The lowest BCUT2D eigenvalue weighted by Gasteiger charge is -2.00. The van der Waals surface area contributed by atoms with E-state index in [1.807, 2.05) is 19.1 Å². The van der Waals surface area contributed by atoms with Gasteiger partial charge in [-0.2, -0.15) is 5.10 Å². The molecule has 0 aromatic carbocycles. The van der Waals surface area contributed by atoms with Crippen LogP contribution in [0.1, 0.15) is 29.4 Å². The Hall–Kier alpha value is -1.68. The fourth-order valence-corrected chi connectivity index (χ4v) is 1.90. The molecule has 0 amide bonds. The fourth-order valence-electron chi connectivity index (χ4n) is 1.62. The van der Waals surface area contributed by atoms with Crippen LogP contribution in [-0.2, 0) is 6.42 Å². The van der Waals surface area contributed by atoms with Gasteiger partial charge in [-0.1, -0.05) is 31.0 Å². The van der Waals surface area contributed by atoms with Crippen LogP contribution in [0.3, 0.4) is 0 Å². The van der Waals surface area contributed by atoms with Crippen molar-refractivity contribution in [3.05, 3.63) is 40.8 Å².